The number of hydrogen-bond donors (Lipinski definition) is 1. The van der Waals surface area contributed by atoms with Crippen molar-refractivity contribution >= 4 is 41.1 Å². The lowest BCUT2D eigenvalue weighted by atomic mass is 10.2. The van der Waals surface area contributed by atoms with Crippen molar-refractivity contribution in [2.24, 2.45) is 0 Å². The highest BCUT2D eigenvalue weighted by molar-refractivity contribution is 8.00. The molecule has 5 nitrogen and oxygen atoms in total. The molecule has 1 aliphatic rings. The average molecular weight is 369 g/mol. The van der Waals surface area contributed by atoms with Crippen LogP contribution in [0.3, 0.4) is 0 Å². The van der Waals surface area contributed by atoms with Gasteiger partial charge in [0.2, 0.25) is 5.91 Å². The summed E-state index contributed by atoms with van der Waals surface area (Å²) >= 11 is 3.26. The van der Waals surface area contributed by atoms with Crippen molar-refractivity contribution in [3.8, 4) is 0 Å². The van der Waals surface area contributed by atoms with Crippen LogP contribution < -0.4 is 5.32 Å². The first-order chi connectivity index (χ1) is 11.7. The molecule has 2 rings (SSSR count). The van der Waals surface area contributed by atoms with E-state index >= 15 is 0 Å². The number of carbonyl (C=O) groups is 2. The molecule has 1 heterocycles. The van der Waals surface area contributed by atoms with Gasteiger partial charge in [-0.15, -0.1) is 11.8 Å². The highest BCUT2D eigenvalue weighted by Gasteiger charge is 2.11. The molecule has 1 amide bonds. The van der Waals surface area contributed by atoms with E-state index in [9.17, 15) is 9.59 Å². The molecule has 1 N–H and O–H groups in total. The first kappa shape index (κ1) is 19.1. The van der Waals surface area contributed by atoms with E-state index < -0.39 is 0 Å². The van der Waals surface area contributed by atoms with Crippen molar-refractivity contribution in [2.75, 3.05) is 48.0 Å². The van der Waals surface area contributed by atoms with Crippen molar-refractivity contribution in [2.45, 2.75) is 13.5 Å². The van der Waals surface area contributed by atoms with Crippen LogP contribution in [0.1, 0.15) is 12.5 Å². The Bertz CT molecular complexity index is 548. The molecule has 0 bridgehead atoms. The fourth-order valence-electron chi connectivity index (χ4n) is 2.39. The molecule has 1 aromatic rings. The predicted molar refractivity (Wildman–Crippen MR) is 102 cm³/mol. The monoisotopic (exact) mass is 368 g/mol. The molecule has 0 radical (unpaired) electrons. The zero-order chi connectivity index (χ0) is 17.2. The van der Waals surface area contributed by atoms with Crippen molar-refractivity contribution < 1.29 is 14.3 Å². The first-order valence-corrected chi connectivity index (χ1v) is 10.4. The fraction of sp³-hybridized carbons (Fsp3) is 0.529. The summed E-state index contributed by atoms with van der Waals surface area (Å²) in [6, 6.07) is 7.97. The van der Waals surface area contributed by atoms with Crippen LogP contribution in [0.5, 0.6) is 0 Å². The fourth-order valence-corrected chi connectivity index (χ4v) is 3.98. The van der Waals surface area contributed by atoms with Crippen LogP contribution in [0.25, 0.3) is 0 Å². The van der Waals surface area contributed by atoms with Crippen molar-refractivity contribution in [3.63, 3.8) is 0 Å². The second-order valence-corrected chi connectivity index (χ2v) is 7.65. The highest BCUT2D eigenvalue weighted by Crippen LogP contribution is 2.16. The van der Waals surface area contributed by atoms with Gasteiger partial charge >= 0.3 is 5.97 Å². The van der Waals surface area contributed by atoms with Crippen LogP contribution >= 0.6 is 23.5 Å². The number of esters is 1. The number of anilines is 1. The van der Waals surface area contributed by atoms with E-state index in [2.05, 4.69) is 16.3 Å². The van der Waals surface area contributed by atoms with E-state index in [1.165, 1.54) is 28.8 Å². The first-order valence-electron chi connectivity index (χ1n) is 8.09. The van der Waals surface area contributed by atoms with E-state index in [1.54, 1.807) is 6.92 Å². The average Bonchev–Trinajstić information content (AvgIpc) is 2.56. The van der Waals surface area contributed by atoms with Gasteiger partial charge in [0, 0.05) is 36.8 Å². The largest absolute Gasteiger partial charge is 0.465 e. The summed E-state index contributed by atoms with van der Waals surface area (Å²) in [7, 11) is 0. The van der Waals surface area contributed by atoms with E-state index in [0.29, 0.717) is 6.61 Å². The summed E-state index contributed by atoms with van der Waals surface area (Å²) in [6.45, 7) is 5.29. The predicted octanol–water partition coefficient (Wildman–Crippen LogP) is 2.47. The van der Waals surface area contributed by atoms with E-state index in [1.807, 2.05) is 30.0 Å². The van der Waals surface area contributed by atoms with Crippen molar-refractivity contribution in [1.29, 1.82) is 0 Å². The van der Waals surface area contributed by atoms with E-state index in [0.717, 1.165) is 25.3 Å². The molecule has 0 saturated carbocycles. The van der Waals surface area contributed by atoms with E-state index in [-0.39, 0.29) is 23.4 Å². The summed E-state index contributed by atoms with van der Waals surface area (Å²) in [6.07, 6.45) is 0. The molecule has 1 aromatic carbocycles. The molecular formula is C17H24N2O3S2. The number of benzene rings is 1. The molecule has 7 heteroatoms. The minimum atomic E-state index is -0.281. The maximum atomic E-state index is 12.0. The zero-order valence-corrected chi connectivity index (χ0v) is 15.6. The van der Waals surface area contributed by atoms with Gasteiger partial charge in [-0.05, 0) is 24.6 Å². The van der Waals surface area contributed by atoms with Gasteiger partial charge in [-0.1, -0.05) is 12.1 Å². The third-order valence-electron chi connectivity index (χ3n) is 3.48. The van der Waals surface area contributed by atoms with Crippen LogP contribution in [0, 0.1) is 0 Å². The number of thioether (sulfide) groups is 2. The lowest BCUT2D eigenvalue weighted by Gasteiger charge is -2.26. The third kappa shape index (κ3) is 7.15. The smallest absolute Gasteiger partial charge is 0.315 e. The van der Waals surface area contributed by atoms with Crippen LogP contribution in [-0.4, -0.2) is 59.5 Å². The maximum Gasteiger partial charge on any atom is 0.315 e. The van der Waals surface area contributed by atoms with Crippen LogP contribution in [0.15, 0.2) is 24.3 Å². The molecule has 0 spiro atoms. The molecule has 24 heavy (non-hydrogen) atoms. The Morgan fingerprint density at radius 1 is 1.29 bits per heavy atom. The second kappa shape index (κ2) is 10.6. The summed E-state index contributed by atoms with van der Waals surface area (Å²) in [5.41, 5.74) is 2.01. The van der Waals surface area contributed by atoms with Crippen LogP contribution in [0.4, 0.5) is 5.69 Å². The van der Waals surface area contributed by atoms with Gasteiger partial charge in [-0.3, -0.25) is 14.5 Å². The molecule has 1 fully saturated rings. The van der Waals surface area contributed by atoms with Gasteiger partial charge in [0.1, 0.15) is 0 Å². The molecule has 132 valence electrons. The quantitative estimate of drug-likeness (QED) is 0.712. The van der Waals surface area contributed by atoms with Crippen LogP contribution in [0.2, 0.25) is 0 Å². The molecule has 0 aromatic heterocycles. The van der Waals surface area contributed by atoms with Crippen molar-refractivity contribution in [3.05, 3.63) is 29.8 Å². The number of nitrogens with zero attached hydrogens (tertiary/aromatic N) is 1. The SMILES string of the molecule is CCOC(=O)CSCC(=O)Nc1cccc(CN2CCSCC2)c1. The Labute approximate surface area is 151 Å². The Morgan fingerprint density at radius 2 is 2.08 bits per heavy atom. The second-order valence-electron chi connectivity index (χ2n) is 5.43. The summed E-state index contributed by atoms with van der Waals surface area (Å²) in [5, 5.41) is 2.89. The topological polar surface area (TPSA) is 58.6 Å². The number of hydrogen-bond acceptors (Lipinski definition) is 6. The highest BCUT2D eigenvalue weighted by atomic mass is 32.2. The zero-order valence-electron chi connectivity index (χ0n) is 14.0. The Morgan fingerprint density at radius 3 is 2.83 bits per heavy atom. The molecule has 0 aliphatic carbocycles. The van der Waals surface area contributed by atoms with Crippen molar-refractivity contribution in [1.82, 2.24) is 4.90 Å². The van der Waals surface area contributed by atoms with Gasteiger partial charge in [-0.2, -0.15) is 11.8 Å². The lowest BCUT2D eigenvalue weighted by molar-refractivity contribution is -0.139. The summed E-state index contributed by atoms with van der Waals surface area (Å²) in [5.74, 6) is 2.44. The molecule has 0 unspecified atom stereocenters. The van der Waals surface area contributed by atoms with Gasteiger partial charge in [0.15, 0.2) is 0 Å². The van der Waals surface area contributed by atoms with Gasteiger partial charge in [-0.25, -0.2) is 0 Å². The Balaban J connectivity index is 1.76. The van der Waals surface area contributed by atoms with E-state index in [4.69, 9.17) is 4.74 Å². The van der Waals surface area contributed by atoms with Gasteiger partial charge in [0.25, 0.3) is 0 Å². The maximum absolute atomic E-state index is 12.0. The number of nitrogens with one attached hydrogen (secondary N) is 1. The Hall–Kier alpha value is -1.18. The minimum Gasteiger partial charge on any atom is -0.465 e. The number of carbonyl (C=O) groups excluding carboxylic acids is 2. The Kier molecular flexibility index (Phi) is 8.49. The molecule has 1 aliphatic heterocycles. The normalized spacial score (nSPS) is 15.0. The number of rotatable bonds is 8. The van der Waals surface area contributed by atoms with Gasteiger partial charge in [0.05, 0.1) is 18.1 Å². The molecule has 0 atom stereocenters. The summed E-state index contributed by atoms with van der Waals surface area (Å²) in [4.78, 5) is 25.6. The lowest BCUT2D eigenvalue weighted by Crippen LogP contribution is -2.31. The third-order valence-corrected chi connectivity index (χ3v) is 5.33. The standard InChI is InChI=1S/C17H24N2O3S2/c1-2-22-17(21)13-24-12-16(20)18-15-5-3-4-14(10-15)11-19-6-8-23-9-7-19/h3-5,10H,2,6-9,11-13H2,1H3,(H,18,20). The number of amides is 1. The van der Waals surface area contributed by atoms with Gasteiger partial charge < -0.3 is 10.1 Å². The van der Waals surface area contributed by atoms with Crippen LogP contribution in [-0.2, 0) is 20.9 Å². The number of ether oxygens (including phenoxy) is 1. The minimum absolute atomic E-state index is 0.101. The molecular weight excluding hydrogens is 344 g/mol. The summed E-state index contributed by atoms with van der Waals surface area (Å²) < 4.78 is 4.83. The molecule has 1 saturated heterocycles.